The Morgan fingerprint density at radius 2 is 1.51 bits per heavy atom. The number of imide groups is 1. The van der Waals surface area contributed by atoms with E-state index in [9.17, 15) is 24.5 Å². The molecule has 0 bridgehead atoms. The van der Waals surface area contributed by atoms with Gasteiger partial charge >= 0.3 is 0 Å². The van der Waals surface area contributed by atoms with Gasteiger partial charge in [0.15, 0.2) is 0 Å². The average molecular weight is 587 g/mol. The number of benzene rings is 2. The third kappa shape index (κ3) is 5.24. The predicted octanol–water partition coefficient (Wildman–Crippen LogP) is 3.32. The van der Waals surface area contributed by atoms with Gasteiger partial charge in [0.1, 0.15) is 6.04 Å². The maximum atomic E-state index is 13.1. The van der Waals surface area contributed by atoms with E-state index in [1.807, 2.05) is 24.3 Å². The van der Waals surface area contributed by atoms with Gasteiger partial charge in [0, 0.05) is 80.8 Å². The predicted molar refractivity (Wildman–Crippen MR) is 161 cm³/mol. The van der Waals surface area contributed by atoms with Crippen LogP contribution in [0.5, 0.6) is 0 Å². The number of nitrogens with one attached hydrogen (secondary N) is 1. The monoisotopic (exact) mass is 586 g/mol. The van der Waals surface area contributed by atoms with Gasteiger partial charge < -0.3 is 14.7 Å². The van der Waals surface area contributed by atoms with Crippen LogP contribution >= 0.6 is 0 Å². The van der Waals surface area contributed by atoms with E-state index in [0.717, 1.165) is 81.9 Å². The molecule has 7 rings (SSSR count). The molecular formula is C32H38N6O5. The highest BCUT2D eigenvalue weighted by molar-refractivity contribution is 6.05. The number of fused-ring (bicyclic) bond motifs is 1. The first-order chi connectivity index (χ1) is 20.8. The molecule has 0 aromatic heterocycles. The van der Waals surface area contributed by atoms with Gasteiger partial charge in [-0.25, -0.2) is 0 Å². The Hall–Kier alpha value is -3.99. The van der Waals surface area contributed by atoms with Gasteiger partial charge in [-0.2, -0.15) is 0 Å². The number of hydrogen-bond acceptors (Lipinski definition) is 8. The number of nitrogens with zero attached hydrogens (tertiary/aromatic N) is 5. The molecule has 11 nitrogen and oxygen atoms in total. The summed E-state index contributed by atoms with van der Waals surface area (Å²) >= 11 is 0. The Morgan fingerprint density at radius 1 is 0.837 bits per heavy atom. The summed E-state index contributed by atoms with van der Waals surface area (Å²) in [4.78, 5) is 56.8. The van der Waals surface area contributed by atoms with Crippen molar-refractivity contribution in [3.05, 3.63) is 63.7 Å². The SMILES string of the molecule is O=C1CCC(N2Cc3cc(N4CCC5(CC4)CCN(C4CCN(c6ccc([N+](=O)[O-])cc6)CC4)C5)ccc3C2=O)C(=O)N1. The number of carbonyl (C=O) groups is 3. The summed E-state index contributed by atoms with van der Waals surface area (Å²) < 4.78 is 0. The standard InChI is InChI=1S/C32H38N6O5/c39-29-8-7-28(30(40)33-29)37-20-22-19-26(5-6-27(22)31(37)41)35-16-11-32(12-17-35)13-18-36(21-32)24-9-14-34(15-10-24)23-1-3-25(4-2-23)38(42)43/h1-6,19,24,28H,7-18,20-21H2,(H,33,39,40). The van der Waals surface area contributed by atoms with Crippen molar-refractivity contribution in [2.24, 2.45) is 5.41 Å². The van der Waals surface area contributed by atoms with Crippen molar-refractivity contribution >= 4 is 34.8 Å². The number of likely N-dealkylation sites (tertiary alicyclic amines) is 1. The van der Waals surface area contributed by atoms with Crippen molar-refractivity contribution in [1.29, 1.82) is 0 Å². The molecule has 5 aliphatic rings. The number of anilines is 2. The molecule has 5 heterocycles. The smallest absolute Gasteiger partial charge is 0.269 e. The van der Waals surface area contributed by atoms with Crippen LogP contribution in [0.3, 0.4) is 0 Å². The molecular weight excluding hydrogens is 548 g/mol. The lowest BCUT2D eigenvalue weighted by atomic mass is 9.77. The Labute approximate surface area is 250 Å². The highest BCUT2D eigenvalue weighted by atomic mass is 16.6. The molecule has 3 amide bonds. The van der Waals surface area contributed by atoms with Crippen molar-refractivity contribution in [3.8, 4) is 0 Å². The van der Waals surface area contributed by atoms with Crippen LogP contribution in [-0.4, -0.2) is 83.8 Å². The summed E-state index contributed by atoms with van der Waals surface area (Å²) in [6.07, 6.45) is 6.42. The number of nitro groups is 1. The Balaban J connectivity index is 0.921. The topological polar surface area (TPSA) is 119 Å². The maximum absolute atomic E-state index is 13.1. The van der Waals surface area contributed by atoms with Crippen LogP contribution in [0, 0.1) is 15.5 Å². The number of nitro benzene ring substituents is 1. The van der Waals surface area contributed by atoms with Gasteiger partial charge in [-0.05, 0) is 86.4 Å². The summed E-state index contributed by atoms with van der Waals surface area (Å²) in [6.45, 7) is 6.65. The second-order valence-electron chi connectivity index (χ2n) is 12.9. The van der Waals surface area contributed by atoms with E-state index in [4.69, 9.17) is 0 Å². The van der Waals surface area contributed by atoms with Gasteiger partial charge in [-0.1, -0.05) is 0 Å². The summed E-state index contributed by atoms with van der Waals surface area (Å²) in [6, 6.07) is 13.0. The molecule has 5 aliphatic heterocycles. The molecule has 2 aromatic carbocycles. The second-order valence-corrected chi connectivity index (χ2v) is 12.9. The van der Waals surface area contributed by atoms with Gasteiger partial charge in [0.05, 0.1) is 4.92 Å². The van der Waals surface area contributed by atoms with Crippen LogP contribution < -0.4 is 15.1 Å². The molecule has 11 heteroatoms. The van der Waals surface area contributed by atoms with Crippen LogP contribution in [0.15, 0.2) is 42.5 Å². The summed E-state index contributed by atoms with van der Waals surface area (Å²) in [5.41, 5.74) is 4.32. The van der Waals surface area contributed by atoms with E-state index in [0.29, 0.717) is 30.0 Å². The lowest BCUT2D eigenvalue weighted by Crippen LogP contribution is -2.52. The fourth-order valence-corrected chi connectivity index (χ4v) is 7.96. The minimum absolute atomic E-state index is 0.127. The Morgan fingerprint density at radius 3 is 2.21 bits per heavy atom. The van der Waals surface area contributed by atoms with Crippen LogP contribution in [0.2, 0.25) is 0 Å². The van der Waals surface area contributed by atoms with E-state index in [1.54, 1.807) is 17.0 Å². The van der Waals surface area contributed by atoms with Crippen molar-refractivity contribution < 1.29 is 19.3 Å². The van der Waals surface area contributed by atoms with Crippen molar-refractivity contribution in [2.75, 3.05) is 49.1 Å². The highest BCUT2D eigenvalue weighted by Gasteiger charge is 2.43. The van der Waals surface area contributed by atoms with Crippen molar-refractivity contribution in [3.63, 3.8) is 0 Å². The third-order valence-electron chi connectivity index (χ3n) is 10.6. The molecule has 1 unspecified atom stereocenters. The van der Waals surface area contributed by atoms with Crippen LogP contribution in [0.25, 0.3) is 0 Å². The lowest BCUT2D eigenvalue weighted by Gasteiger charge is -2.42. The van der Waals surface area contributed by atoms with Gasteiger partial charge in [-0.15, -0.1) is 0 Å². The molecule has 226 valence electrons. The maximum Gasteiger partial charge on any atom is 0.269 e. The number of amides is 3. The Bertz CT molecular complexity index is 1440. The average Bonchev–Trinajstić information content (AvgIpc) is 3.58. The van der Waals surface area contributed by atoms with E-state index in [1.165, 1.54) is 6.42 Å². The fraction of sp³-hybridized carbons (Fsp3) is 0.531. The fourth-order valence-electron chi connectivity index (χ4n) is 7.96. The molecule has 0 radical (unpaired) electrons. The highest BCUT2D eigenvalue weighted by Crippen LogP contribution is 2.43. The molecule has 0 aliphatic carbocycles. The largest absolute Gasteiger partial charge is 0.371 e. The van der Waals surface area contributed by atoms with E-state index >= 15 is 0 Å². The first-order valence-electron chi connectivity index (χ1n) is 15.5. The summed E-state index contributed by atoms with van der Waals surface area (Å²) in [7, 11) is 0. The lowest BCUT2D eigenvalue weighted by molar-refractivity contribution is -0.384. The quantitative estimate of drug-likeness (QED) is 0.322. The van der Waals surface area contributed by atoms with Crippen LogP contribution in [0.1, 0.15) is 60.9 Å². The van der Waals surface area contributed by atoms with Gasteiger partial charge in [0.25, 0.3) is 11.6 Å². The number of non-ortho nitro benzene ring substituents is 1. The first-order valence-corrected chi connectivity index (χ1v) is 15.5. The number of carbonyl (C=O) groups excluding carboxylic acids is 3. The second kappa shape index (κ2) is 10.9. The molecule has 4 saturated heterocycles. The Kier molecular flexibility index (Phi) is 7.07. The number of piperidine rings is 3. The minimum atomic E-state index is -0.587. The van der Waals surface area contributed by atoms with Gasteiger partial charge in [0.2, 0.25) is 11.8 Å². The minimum Gasteiger partial charge on any atom is -0.371 e. The van der Waals surface area contributed by atoms with Crippen molar-refractivity contribution in [2.45, 2.75) is 63.6 Å². The molecule has 1 N–H and O–H groups in total. The van der Waals surface area contributed by atoms with Gasteiger partial charge in [-0.3, -0.25) is 34.7 Å². The summed E-state index contributed by atoms with van der Waals surface area (Å²) in [5.74, 6) is -0.774. The molecule has 0 saturated carbocycles. The zero-order chi connectivity index (χ0) is 29.7. The van der Waals surface area contributed by atoms with Crippen LogP contribution in [-0.2, 0) is 16.1 Å². The summed E-state index contributed by atoms with van der Waals surface area (Å²) in [5, 5.41) is 13.4. The van der Waals surface area contributed by atoms with E-state index in [2.05, 4.69) is 26.1 Å². The molecule has 43 heavy (non-hydrogen) atoms. The van der Waals surface area contributed by atoms with E-state index in [-0.39, 0.29) is 34.8 Å². The zero-order valence-electron chi connectivity index (χ0n) is 24.4. The molecule has 2 aromatic rings. The third-order valence-corrected chi connectivity index (χ3v) is 10.6. The molecule has 1 spiro atoms. The van der Waals surface area contributed by atoms with Crippen molar-refractivity contribution in [1.82, 2.24) is 15.1 Å². The zero-order valence-corrected chi connectivity index (χ0v) is 24.4. The van der Waals surface area contributed by atoms with E-state index < -0.39 is 6.04 Å². The molecule has 1 atom stereocenters. The van der Waals surface area contributed by atoms with Crippen LogP contribution in [0.4, 0.5) is 17.1 Å². The first kappa shape index (κ1) is 27.8. The molecule has 4 fully saturated rings. The number of hydrogen-bond donors (Lipinski definition) is 1. The normalized spacial score (nSPS) is 24.5. The number of rotatable bonds is 5.